The van der Waals surface area contributed by atoms with Gasteiger partial charge < -0.3 is 9.47 Å². The molecule has 0 atom stereocenters. The lowest BCUT2D eigenvalue weighted by molar-refractivity contribution is 0.0876. The molecule has 0 saturated carbocycles. The quantitative estimate of drug-likeness (QED) is 0.304. The first-order chi connectivity index (χ1) is 17.5. The van der Waals surface area contributed by atoms with E-state index in [1.807, 2.05) is 55.5 Å². The van der Waals surface area contributed by atoms with Crippen molar-refractivity contribution in [2.45, 2.75) is 20.0 Å². The summed E-state index contributed by atoms with van der Waals surface area (Å²) in [7, 11) is 0. The van der Waals surface area contributed by atoms with Crippen molar-refractivity contribution in [3.63, 3.8) is 0 Å². The zero-order valence-electron chi connectivity index (χ0n) is 19.8. The first-order valence-corrected chi connectivity index (χ1v) is 11.9. The number of nitrogens with zero attached hydrogens (tertiary/aromatic N) is 1. The molecule has 5 heteroatoms. The average molecular weight is 478 g/mol. The minimum atomic E-state index is -0.250. The number of hydrogen-bond donors (Lipinski definition) is 0. The van der Waals surface area contributed by atoms with Crippen LogP contribution in [0.25, 0.3) is 17.2 Å². The van der Waals surface area contributed by atoms with Gasteiger partial charge in [0.15, 0.2) is 5.76 Å². The van der Waals surface area contributed by atoms with Crippen LogP contribution in [0.4, 0.5) is 4.39 Å². The minimum Gasteiger partial charge on any atom is -0.477 e. The molecule has 0 unspecified atom stereocenters. The van der Waals surface area contributed by atoms with Crippen molar-refractivity contribution in [3.8, 4) is 22.6 Å². The van der Waals surface area contributed by atoms with Crippen LogP contribution in [0.5, 0.6) is 11.5 Å². The third-order valence-electron chi connectivity index (χ3n) is 6.64. The van der Waals surface area contributed by atoms with Gasteiger partial charge in [-0.05, 0) is 53.5 Å². The number of carbonyl (C=O) groups is 1. The van der Waals surface area contributed by atoms with Crippen LogP contribution >= 0.6 is 0 Å². The Labute approximate surface area is 209 Å². The smallest absolute Gasteiger partial charge is 0.231 e. The van der Waals surface area contributed by atoms with Crippen LogP contribution in [-0.2, 0) is 13.1 Å². The Morgan fingerprint density at radius 1 is 0.917 bits per heavy atom. The molecule has 4 nitrogen and oxygen atoms in total. The maximum absolute atomic E-state index is 13.2. The van der Waals surface area contributed by atoms with Crippen LogP contribution in [0.2, 0.25) is 0 Å². The standard InChI is InChI=1S/C31H24FNO3/c1-20-30-25(18-33(19-35-30)17-22-9-13-26(32)14-10-22)16-27-29(34)28(36-31(20)27)15-21-7-11-24(12-8-21)23-5-3-2-4-6-23/h2-16H,17-19H2,1H3/b28-15-. The van der Waals surface area contributed by atoms with E-state index in [1.54, 1.807) is 18.2 Å². The molecule has 0 aromatic heterocycles. The molecule has 0 fully saturated rings. The van der Waals surface area contributed by atoms with E-state index in [1.165, 1.54) is 12.1 Å². The van der Waals surface area contributed by atoms with E-state index >= 15 is 0 Å². The second-order valence-electron chi connectivity index (χ2n) is 9.18. The zero-order valence-corrected chi connectivity index (χ0v) is 19.8. The number of benzene rings is 4. The monoisotopic (exact) mass is 477 g/mol. The van der Waals surface area contributed by atoms with Crippen LogP contribution in [0.15, 0.2) is 90.7 Å². The number of ketones is 1. The minimum absolute atomic E-state index is 0.126. The van der Waals surface area contributed by atoms with Crippen molar-refractivity contribution < 1.29 is 18.7 Å². The topological polar surface area (TPSA) is 38.8 Å². The molecule has 2 aliphatic heterocycles. The van der Waals surface area contributed by atoms with E-state index in [9.17, 15) is 9.18 Å². The highest BCUT2D eigenvalue weighted by Crippen LogP contribution is 2.43. The van der Waals surface area contributed by atoms with Gasteiger partial charge in [0.05, 0.1) is 5.56 Å². The van der Waals surface area contributed by atoms with E-state index in [0.29, 0.717) is 36.9 Å². The number of carbonyl (C=O) groups excluding carboxylic acids is 1. The Morgan fingerprint density at radius 3 is 2.39 bits per heavy atom. The van der Waals surface area contributed by atoms with Gasteiger partial charge in [0, 0.05) is 24.2 Å². The van der Waals surface area contributed by atoms with Gasteiger partial charge in [0.1, 0.15) is 24.0 Å². The number of halogens is 1. The summed E-state index contributed by atoms with van der Waals surface area (Å²) in [6.45, 7) is 3.60. The summed E-state index contributed by atoms with van der Waals surface area (Å²) in [5, 5.41) is 0. The van der Waals surface area contributed by atoms with Gasteiger partial charge in [-0.25, -0.2) is 4.39 Å². The van der Waals surface area contributed by atoms with Crippen molar-refractivity contribution in [2.75, 3.05) is 6.73 Å². The predicted molar refractivity (Wildman–Crippen MR) is 137 cm³/mol. The fourth-order valence-electron chi connectivity index (χ4n) is 4.80. The number of hydrogen-bond acceptors (Lipinski definition) is 4. The van der Waals surface area contributed by atoms with Gasteiger partial charge >= 0.3 is 0 Å². The molecule has 0 radical (unpaired) electrons. The lowest BCUT2D eigenvalue weighted by atomic mass is 9.99. The fraction of sp³-hybridized carbons (Fsp3) is 0.129. The number of rotatable bonds is 4. The lowest BCUT2D eigenvalue weighted by Crippen LogP contribution is -2.32. The third-order valence-corrected chi connectivity index (χ3v) is 6.64. The van der Waals surface area contributed by atoms with E-state index in [-0.39, 0.29) is 11.6 Å². The number of Topliss-reactive ketones (excluding diaryl/α,β-unsaturated/α-hetero) is 1. The Balaban J connectivity index is 1.23. The first-order valence-electron chi connectivity index (χ1n) is 11.9. The van der Waals surface area contributed by atoms with E-state index < -0.39 is 0 Å². The summed E-state index contributed by atoms with van der Waals surface area (Å²) in [4.78, 5) is 15.4. The Morgan fingerprint density at radius 2 is 1.64 bits per heavy atom. The lowest BCUT2D eigenvalue weighted by Gasteiger charge is -2.30. The van der Waals surface area contributed by atoms with Crippen LogP contribution < -0.4 is 9.47 Å². The predicted octanol–water partition coefficient (Wildman–Crippen LogP) is 6.77. The van der Waals surface area contributed by atoms with Gasteiger partial charge in [-0.1, -0.05) is 66.7 Å². The molecule has 0 saturated heterocycles. The molecule has 6 rings (SSSR count). The van der Waals surface area contributed by atoms with E-state index in [0.717, 1.165) is 39.1 Å². The molecular weight excluding hydrogens is 453 g/mol. The Kier molecular flexibility index (Phi) is 5.62. The van der Waals surface area contributed by atoms with Gasteiger partial charge in [0.2, 0.25) is 5.78 Å². The summed E-state index contributed by atoms with van der Waals surface area (Å²) in [6.07, 6.45) is 1.79. The zero-order chi connectivity index (χ0) is 24.6. The SMILES string of the molecule is Cc1c2c(cc3c1O/C(=C\c1ccc(-c4ccccc4)cc1)C3=O)CN(Cc1ccc(F)cc1)CO2. The molecule has 4 aromatic rings. The molecule has 0 aliphatic carbocycles. The van der Waals surface area contributed by atoms with Crippen molar-refractivity contribution in [1.82, 2.24) is 4.90 Å². The van der Waals surface area contributed by atoms with Crippen molar-refractivity contribution in [2.24, 2.45) is 0 Å². The largest absolute Gasteiger partial charge is 0.477 e. The summed E-state index contributed by atoms with van der Waals surface area (Å²) >= 11 is 0. The first kappa shape index (κ1) is 22.3. The number of fused-ring (bicyclic) bond motifs is 2. The highest BCUT2D eigenvalue weighted by Gasteiger charge is 2.33. The van der Waals surface area contributed by atoms with Crippen molar-refractivity contribution >= 4 is 11.9 Å². The molecule has 0 bridgehead atoms. The van der Waals surface area contributed by atoms with Crippen LogP contribution in [0.1, 0.15) is 32.6 Å². The summed E-state index contributed by atoms with van der Waals surface area (Å²) in [6, 6.07) is 26.6. The third kappa shape index (κ3) is 4.18. The second-order valence-corrected chi connectivity index (χ2v) is 9.18. The normalized spacial score (nSPS) is 15.8. The molecule has 0 amide bonds. The molecule has 36 heavy (non-hydrogen) atoms. The number of ether oxygens (including phenoxy) is 2. The summed E-state index contributed by atoms with van der Waals surface area (Å²) in [5.41, 5.74) is 6.51. The van der Waals surface area contributed by atoms with E-state index in [4.69, 9.17) is 9.47 Å². The molecular formula is C31H24FNO3. The van der Waals surface area contributed by atoms with Crippen molar-refractivity contribution in [3.05, 3.63) is 124 Å². The van der Waals surface area contributed by atoms with Gasteiger partial charge in [-0.15, -0.1) is 0 Å². The molecule has 0 N–H and O–H groups in total. The van der Waals surface area contributed by atoms with Gasteiger partial charge in [0.25, 0.3) is 0 Å². The Bertz CT molecular complexity index is 1480. The Hall–Kier alpha value is -4.22. The molecule has 2 heterocycles. The van der Waals surface area contributed by atoms with Gasteiger partial charge in [-0.3, -0.25) is 9.69 Å². The maximum Gasteiger partial charge on any atom is 0.231 e. The molecule has 178 valence electrons. The van der Waals surface area contributed by atoms with Crippen LogP contribution in [0, 0.1) is 12.7 Å². The fourth-order valence-corrected chi connectivity index (χ4v) is 4.80. The van der Waals surface area contributed by atoms with Crippen LogP contribution in [-0.4, -0.2) is 17.4 Å². The number of allylic oxidation sites excluding steroid dienone is 1. The molecule has 4 aromatic carbocycles. The maximum atomic E-state index is 13.2. The second kappa shape index (κ2) is 9.10. The van der Waals surface area contributed by atoms with Crippen molar-refractivity contribution in [1.29, 1.82) is 0 Å². The summed E-state index contributed by atoms with van der Waals surface area (Å²) in [5.74, 6) is 1.27. The van der Waals surface area contributed by atoms with E-state index in [2.05, 4.69) is 17.0 Å². The highest BCUT2D eigenvalue weighted by molar-refractivity contribution is 6.15. The van der Waals surface area contributed by atoms with Gasteiger partial charge in [-0.2, -0.15) is 0 Å². The molecule has 0 spiro atoms. The van der Waals surface area contributed by atoms with Crippen LogP contribution in [0.3, 0.4) is 0 Å². The average Bonchev–Trinajstić information content (AvgIpc) is 3.21. The molecule has 2 aliphatic rings. The summed E-state index contributed by atoms with van der Waals surface area (Å²) < 4.78 is 25.4. The highest BCUT2D eigenvalue weighted by atomic mass is 19.1.